The Labute approximate surface area is 216 Å². The van der Waals surface area contributed by atoms with Crippen LogP contribution in [0.3, 0.4) is 0 Å². The number of hydrogen-bond acceptors (Lipinski definition) is 5. The number of benzene rings is 2. The van der Waals surface area contributed by atoms with E-state index in [1.54, 1.807) is 30.3 Å². The molecule has 1 fully saturated rings. The minimum Gasteiger partial charge on any atom is -0.347 e. The highest BCUT2D eigenvalue weighted by molar-refractivity contribution is 7.91. The van der Waals surface area contributed by atoms with Crippen molar-refractivity contribution in [3.63, 3.8) is 0 Å². The number of thiophene rings is 1. The molecule has 2 aromatic carbocycles. The Bertz CT molecular complexity index is 1310. The van der Waals surface area contributed by atoms with Crippen LogP contribution in [0, 0.1) is 0 Å². The summed E-state index contributed by atoms with van der Waals surface area (Å²) in [6, 6.07) is 14.5. The SMILES string of the molecule is O=C(NCc1ccc(S(=O)(=O)N2CCC(NCc3ccc(C(F)(F)F)cc3)C2)s1)c1ccc(Cl)cc1. The van der Waals surface area contributed by atoms with Gasteiger partial charge in [-0.15, -0.1) is 11.3 Å². The Morgan fingerprint density at radius 1 is 1.03 bits per heavy atom. The third-order valence-corrected chi connectivity index (χ3v) is 9.46. The van der Waals surface area contributed by atoms with Crippen LogP contribution in [0.1, 0.15) is 32.8 Å². The van der Waals surface area contributed by atoms with Gasteiger partial charge in [0.2, 0.25) is 0 Å². The van der Waals surface area contributed by atoms with Crippen LogP contribution in [0.5, 0.6) is 0 Å². The molecule has 0 radical (unpaired) electrons. The second kappa shape index (κ2) is 10.9. The Kier molecular flexibility index (Phi) is 8.06. The van der Waals surface area contributed by atoms with Crippen LogP contribution in [-0.2, 0) is 29.3 Å². The van der Waals surface area contributed by atoms with Gasteiger partial charge in [-0.3, -0.25) is 4.79 Å². The zero-order chi connectivity index (χ0) is 25.9. The number of amides is 1. The van der Waals surface area contributed by atoms with E-state index < -0.39 is 21.8 Å². The van der Waals surface area contributed by atoms with E-state index in [2.05, 4.69) is 10.6 Å². The molecule has 1 unspecified atom stereocenters. The number of carbonyl (C=O) groups excluding carboxylic acids is 1. The highest BCUT2D eigenvalue weighted by Gasteiger charge is 2.33. The third kappa shape index (κ3) is 6.46. The van der Waals surface area contributed by atoms with Crippen molar-refractivity contribution < 1.29 is 26.4 Å². The summed E-state index contributed by atoms with van der Waals surface area (Å²) in [5.41, 5.74) is 0.438. The lowest BCUT2D eigenvalue weighted by molar-refractivity contribution is -0.137. The first-order chi connectivity index (χ1) is 17.0. The van der Waals surface area contributed by atoms with Crippen molar-refractivity contribution in [1.82, 2.24) is 14.9 Å². The van der Waals surface area contributed by atoms with Crippen LogP contribution in [0.2, 0.25) is 5.02 Å². The minimum atomic E-state index is -4.38. The molecule has 3 aromatic rings. The number of halogens is 4. The fraction of sp³-hybridized carbons (Fsp3) is 0.292. The molecule has 6 nitrogen and oxygen atoms in total. The van der Waals surface area contributed by atoms with Crippen molar-refractivity contribution in [2.75, 3.05) is 13.1 Å². The molecule has 1 saturated heterocycles. The zero-order valence-electron chi connectivity index (χ0n) is 18.9. The summed E-state index contributed by atoms with van der Waals surface area (Å²) in [5, 5.41) is 6.52. The quantitative estimate of drug-likeness (QED) is 0.413. The van der Waals surface area contributed by atoms with E-state index in [1.165, 1.54) is 22.5 Å². The molecule has 1 amide bonds. The molecule has 1 atom stereocenters. The molecule has 4 rings (SSSR count). The molecule has 36 heavy (non-hydrogen) atoms. The number of sulfonamides is 1. The molecule has 2 heterocycles. The van der Waals surface area contributed by atoms with Crippen LogP contribution in [0.4, 0.5) is 13.2 Å². The topological polar surface area (TPSA) is 78.5 Å². The van der Waals surface area contributed by atoms with Gasteiger partial charge in [-0.1, -0.05) is 23.7 Å². The van der Waals surface area contributed by atoms with Gasteiger partial charge in [0.25, 0.3) is 15.9 Å². The number of nitrogens with zero attached hydrogens (tertiary/aromatic N) is 1. The highest BCUT2D eigenvalue weighted by Crippen LogP contribution is 2.30. The Morgan fingerprint density at radius 3 is 2.39 bits per heavy atom. The molecule has 0 spiro atoms. The smallest absolute Gasteiger partial charge is 0.347 e. The zero-order valence-corrected chi connectivity index (χ0v) is 21.3. The molecule has 2 N–H and O–H groups in total. The van der Waals surface area contributed by atoms with Crippen LogP contribution in [-0.4, -0.2) is 37.8 Å². The molecule has 0 aliphatic carbocycles. The van der Waals surface area contributed by atoms with Gasteiger partial charge in [0.05, 0.1) is 12.1 Å². The molecule has 12 heteroatoms. The van der Waals surface area contributed by atoms with Gasteiger partial charge in [-0.25, -0.2) is 8.42 Å². The minimum absolute atomic E-state index is 0.111. The largest absolute Gasteiger partial charge is 0.416 e. The first-order valence-electron chi connectivity index (χ1n) is 11.0. The molecule has 1 aliphatic rings. The van der Waals surface area contributed by atoms with E-state index in [-0.39, 0.29) is 29.2 Å². The first-order valence-corrected chi connectivity index (χ1v) is 13.7. The van der Waals surface area contributed by atoms with Gasteiger partial charge >= 0.3 is 6.18 Å². The first kappa shape index (κ1) is 26.6. The normalized spacial score (nSPS) is 16.8. The summed E-state index contributed by atoms with van der Waals surface area (Å²) in [4.78, 5) is 13.0. The summed E-state index contributed by atoms with van der Waals surface area (Å²) < 4.78 is 65.9. The van der Waals surface area contributed by atoms with E-state index >= 15 is 0 Å². The number of nitrogens with one attached hydrogen (secondary N) is 2. The van der Waals surface area contributed by atoms with Gasteiger partial charge in [-0.2, -0.15) is 17.5 Å². The number of alkyl halides is 3. The Balaban J connectivity index is 1.29. The molecule has 1 aliphatic heterocycles. The molecule has 1 aromatic heterocycles. The fourth-order valence-electron chi connectivity index (χ4n) is 3.78. The van der Waals surface area contributed by atoms with E-state index in [0.29, 0.717) is 40.5 Å². The molecule has 0 saturated carbocycles. The number of carbonyl (C=O) groups is 1. The van der Waals surface area contributed by atoms with Crippen molar-refractivity contribution in [2.45, 2.75) is 35.9 Å². The molecular formula is C24H23ClF3N3O3S2. The van der Waals surface area contributed by atoms with Crippen molar-refractivity contribution in [2.24, 2.45) is 0 Å². The van der Waals surface area contributed by atoms with Crippen molar-refractivity contribution in [3.8, 4) is 0 Å². The van der Waals surface area contributed by atoms with Gasteiger partial charge in [-0.05, 0) is 60.5 Å². The van der Waals surface area contributed by atoms with Gasteiger partial charge in [0.15, 0.2) is 0 Å². The summed E-state index contributed by atoms with van der Waals surface area (Å²) in [6.45, 7) is 1.14. The van der Waals surface area contributed by atoms with Crippen LogP contribution in [0.15, 0.2) is 64.9 Å². The fourth-order valence-corrected chi connectivity index (χ4v) is 6.85. The maximum atomic E-state index is 13.1. The van der Waals surface area contributed by atoms with Crippen LogP contribution in [0.25, 0.3) is 0 Å². The van der Waals surface area contributed by atoms with Crippen molar-refractivity contribution >= 4 is 38.9 Å². The second-order valence-corrected chi connectivity index (χ2v) is 12.1. The summed E-state index contributed by atoms with van der Waals surface area (Å²) in [6.07, 6.45) is -3.79. The van der Waals surface area contributed by atoms with Gasteiger partial charge in [0.1, 0.15) is 4.21 Å². The highest BCUT2D eigenvalue weighted by atomic mass is 35.5. The number of hydrogen-bond donors (Lipinski definition) is 2. The maximum absolute atomic E-state index is 13.1. The lowest BCUT2D eigenvalue weighted by Crippen LogP contribution is -2.34. The molecule has 192 valence electrons. The summed E-state index contributed by atoms with van der Waals surface area (Å²) >= 11 is 6.94. The standard InChI is InChI=1S/C24H23ClF3N3O3S2/c25-19-7-3-17(4-8-19)23(32)30-14-21-9-10-22(35-21)36(33,34)31-12-11-20(15-31)29-13-16-1-5-18(6-2-16)24(26,27)28/h1-10,20,29H,11-15H2,(H,30,32). The Morgan fingerprint density at radius 2 is 1.72 bits per heavy atom. The summed E-state index contributed by atoms with van der Waals surface area (Å²) in [5.74, 6) is -0.286. The van der Waals surface area contributed by atoms with E-state index in [0.717, 1.165) is 23.5 Å². The monoisotopic (exact) mass is 557 g/mol. The Hall–Kier alpha value is -2.44. The van der Waals surface area contributed by atoms with Crippen LogP contribution < -0.4 is 10.6 Å². The van der Waals surface area contributed by atoms with E-state index in [4.69, 9.17) is 11.6 Å². The predicted molar refractivity (Wildman–Crippen MR) is 132 cm³/mol. The maximum Gasteiger partial charge on any atom is 0.416 e. The lowest BCUT2D eigenvalue weighted by atomic mass is 10.1. The summed E-state index contributed by atoms with van der Waals surface area (Å²) in [7, 11) is -3.69. The van der Waals surface area contributed by atoms with Crippen molar-refractivity contribution in [3.05, 3.63) is 87.3 Å². The second-order valence-electron chi connectivity index (χ2n) is 8.33. The van der Waals surface area contributed by atoms with Gasteiger partial charge < -0.3 is 10.6 Å². The third-order valence-electron chi connectivity index (χ3n) is 5.79. The average molecular weight is 558 g/mol. The van der Waals surface area contributed by atoms with Crippen LogP contribution >= 0.6 is 22.9 Å². The predicted octanol–water partition coefficient (Wildman–Crippen LogP) is 4.90. The van der Waals surface area contributed by atoms with Gasteiger partial charge in [0, 0.05) is 41.1 Å². The average Bonchev–Trinajstić information content (AvgIpc) is 3.52. The molecular weight excluding hydrogens is 535 g/mol. The number of rotatable bonds is 8. The van der Waals surface area contributed by atoms with E-state index in [1.807, 2.05) is 0 Å². The van der Waals surface area contributed by atoms with Crippen molar-refractivity contribution in [1.29, 1.82) is 0 Å². The lowest BCUT2D eigenvalue weighted by Gasteiger charge is -2.16. The molecule has 0 bridgehead atoms. The van der Waals surface area contributed by atoms with E-state index in [9.17, 15) is 26.4 Å².